The molecule has 0 saturated heterocycles. The van der Waals surface area contributed by atoms with Crippen molar-refractivity contribution in [3.05, 3.63) is 29.8 Å². The van der Waals surface area contributed by atoms with Crippen LogP contribution in [0.25, 0.3) is 0 Å². The zero-order chi connectivity index (χ0) is 15.0. The van der Waals surface area contributed by atoms with Crippen molar-refractivity contribution in [1.82, 2.24) is 0 Å². The minimum absolute atomic E-state index is 0.00161. The molecule has 0 fully saturated rings. The van der Waals surface area contributed by atoms with Gasteiger partial charge in [0.05, 0.1) is 18.8 Å². The van der Waals surface area contributed by atoms with E-state index >= 15 is 0 Å². The van der Waals surface area contributed by atoms with Crippen molar-refractivity contribution in [3.63, 3.8) is 0 Å². The minimum Gasteiger partial charge on any atom is -0.493 e. The zero-order valence-corrected chi connectivity index (χ0v) is 12.9. The molecular weight excluding hydrogens is 300 g/mol. The number of ether oxygens (including phenoxy) is 1. The van der Waals surface area contributed by atoms with Gasteiger partial charge < -0.3 is 9.84 Å². The summed E-state index contributed by atoms with van der Waals surface area (Å²) in [5.41, 5.74) is 0.729. The maximum atomic E-state index is 10.9. The Kier molecular flexibility index (Phi) is 6.87. The Hall–Kier alpha value is -1.21. The van der Waals surface area contributed by atoms with Gasteiger partial charge in [0.15, 0.2) is 0 Å². The van der Waals surface area contributed by atoms with Crippen LogP contribution < -0.4 is 4.74 Å². The third-order valence-corrected chi connectivity index (χ3v) is 4.53. The summed E-state index contributed by atoms with van der Waals surface area (Å²) in [5, 5.41) is 8.64. The van der Waals surface area contributed by atoms with Gasteiger partial charge in [-0.3, -0.25) is 4.79 Å². The van der Waals surface area contributed by atoms with Gasteiger partial charge in [0.2, 0.25) is 0 Å². The molecule has 0 heterocycles. The van der Waals surface area contributed by atoms with Gasteiger partial charge in [-0.1, -0.05) is 12.1 Å². The standard InChI is InChI=1S/C13H18O5S2/c1-20(16,17)9-8-19-7-6-18-12-4-2-11(3-5-12)10-13(14)15/h2-5H,6-10H2,1H3,(H,14,15). The summed E-state index contributed by atoms with van der Waals surface area (Å²) in [6.45, 7) is 0.493. The fraction of sp³-hybridized carbons (Fsp3) is 0.462. The number of hydrogen-bond acceptors (Lipinski definition) is 5. The van der Waals surface area contributed by atoms with E-state index in [1.54, 1.807) is 24.3 Å². The second kappa shape index (κ2) is 8.16. The van der Waals surface area contributed by atoms with Gasteiger partial charge >= 0.3 is 5.97 Å². The average Bonchev–Trinajstić information content (AvgIpc) is 2.33. The van der Waals surface area contributed by atoms with Crippen molar-refractivity contribution in [2.75, 3.05) is 30.1 Å². The van der Waals surface area contributed by atoms with Crippen LogP contribution in [-0.2, 0) is 21.1 Å². The number of carbonyl (C=O) groups is 1. The van der Waals surface area contributed by atoms with Crippen molar-refractivity contribution in [2.24, 2.45) is 0 Å². The Morgan fingerprint density at radius 2 is 1.90 bits per heavy atom. The van der Waals surface area contributed by atoms with E-state index in [9.17, 15) is 13.2 Å². The number of sulfone groups is 1. The molecule has 112 valence electrons. The van der Waals surface area contributed by atoms with Gasteiger partial charge in [-0.2, -0.15) is 11.8 Å². The van der Waals surface area contributed by atoms with Gasteiger partial charge in [-0.05, 0) is 17.7 Å². The SMILES string of the molecule is CS(=O)(=O)CCSCCOc1ccc(CC(=O)O)cc1. The number of carboxylic acid groups (broad SMARTS) is 1. The minimum atomic E-state index is -2.89. The summed E-state index contributed by atoms with van der Waals surface area (Å²) in [7, 11) is -2.89. The van der Waals surface area contributed by atoms with Crippen LogP contribution in [0.2, 0.25) is 0 Å². The maximum absolute atomic E-state index is 10.9. The number of benzene rings is 1. The summed E-state index contributed by atoms with van der Waals surface area (Å²) in [6, 6.07) is 6.92. The Balaban J connectivity index is 2.20. The summed E-state index contributed by atoms with van der Waals surface area (Å²) < 4.78 is 27.3. The van der Waals surface area contributed by atoms with E-state index in [1.807, 2.05) is 0 Å². The first-order valence-electron chi connectivity index (χ1n) is 6.06. The van der Waals surface area contributed by atoms with Crippen molar-refractivity contribution in [3.8, 4) is 5.75 Å². The van der Waals surface area contributed by atoms with Crippen LogP contribution in [0.3, 0.4) is 0 Å². The lowest BCUT2D eigenvalue weighted by molar-refractivity contribution is -0.136. The highest BCUT2D eigenvalue weighted by Crippen LogP contribution is 2.13. The second-order valence-electron chi connectivity index (χ2n) is 4.31. The first-order chi connectivity index (χ1) is 9.37. The first-order valence-corrected chi connectivity index (χ1v) is 9.27. The molecule has 0 aliphatic carbocycles. The molecule has 0 bridgehead atoms. The Bertz CT molecular complexity index is 522. The number of aliphatic carboxylic acids is 1. The highest BCUT2D eigenvalue weighted by atomic mass is 32.2. The molecule has 0 spiro atoms. The average molecular weight is 318 g/mol. The van der Waals surface area contributed by atoms with Crippen LogP contribution >= 0.6 is 11.8 Å². The van der Waals surface area contributed by atoms with Crippen LogP contribution in [0.1, 0.15) is 5.56 Å². The fourth-order valence-corrected chi connectivity index (χ4v) is 3.50. The van der Waals surface area contributed by atoms with Crippen molar-refractivity contribution < 1.29 is 23.1 Å². The largest absolute Gasteiger partial charge is 0.493 e. The molecule has 0 saturated carbocycles. The van der Waals surface area contributed by atoms with E-state index in [-0.39, 0.29) is 12.2 Å². The highest BCUT2D eigenvalue weighted by Gasteiger charge is 2.02. The topological polar surface area (TPSA) is 80.7 Å². The van der Waals surface area contributed by atoms with E-state index in [2.05, 4.69) is 0 Å². The number of carboxylic acids is 1. The summed E-state index contributed by atoms with van der Waals surface area (Å²) in [4.78, 5) is 10.5. The van der Waals surface area contributed by atoms with Crippen LogP contribution in [0.4, 0.5) is 0 Å². The van der Waals surface area contributed by atoms with Gasteiger partial charge in [0.1, 0.15) is 15.6 Å². The molecule has 0 amide bonds. The zero-order valence-electron chi connectivity index (χ0n) is 11.2. The molecule has 0 aliphatic heterocycles. The number of hydrogen-bond donors (Lipinski definition) is 1. The van der Waals surface area contributed by atoms with Gasteiger partial charge in [-0.25, -0.2) is 8.42 Å². The lowest BCUT2D eigenvalue weighted by atomic mass is 10.1. The van der Waals surface area contributed by atoms with Crippen LogP contribution in [0.15, 0.2) is 24.3 Å². The van der Waals surface area contributed by atoms with Crippen LogP contribution in [0, 0.1) is 0 Å². The number of thioether (sulfide) groups is 1. The highest BCUT2D eigenvalue weighted by molar-refractivity contribution is 8.00. The Morgan fingerprint density at radius 3 is 2.45 bits per heavy atom. The van der Waals surface area contributed by atoms with E-state index in [4.69, 9.17) is 9.84 Å². The van der Waals surface area contributed by atoms with Gasteiger partial charge in [0, 0.05) is 17.8 Å². The Morgan fingerprint density at radius 1 is 1.25 bits per heavy atom. The van der Waals surface area contributed by atoms with Crippen molar-refractivity contribution >= 4 is 27.6 Å². The van der Waals surface area contributed by atoms with Gasteiger partial charge in [0.25, 0.3) is 0 Å². The normalized spacial score (nSPS) is 11.2. The van der Waals surface area contributed by atoms with E-state index in [0.29, 0.717) is 23.9 Å². The molecule has 0 unspecified atom stereocenters. The third-order valence-electron chi connectivity index (χ3n) is 2.37. The lowest BCUT2D eigenvalue weighted by Crippen LogP contribution is -2.07. The van der Waals surface area contributed by atoms with Crippen molar-refractivity contribution in [1.29, 1.82) is 0 Å². The molecule has 1 aromatic carbocycles. The predicted octanol–water partition coefficient (Wildman–Crippen LogP) is 1.47. The molecule has 1 aromatic rings. The molecule has 0 atom stereocenters. The summed E-state index contributed by atoms with van der Waals surface area (Å²) in [5.74, 6) is 1.29. The fourth-order valence-electron chi connectivity index (χ4n) is 1.41. The molecule has 1 rings (SSSR count). The first kappa shape index (κ1) is 16.8. The van der Waals surface area contributed by atoms with E-state index < -0.39 is 15.8 Å². The maximum Gasteiger partial charge on any atom is 0.307 e. The van der Waals surface area contributed by atoms with Crippen molar-refractivity contribution in [2.45, 2.75) is 6.42 Å². The molecule has 1 N–H and O–H groups in total. The molecule has 0 aliphatic rings. The quantitative estimate of drug-likeness (QED) is 0.695. The van der Waals surface area contributed by atoms with Crippen LogP contribution in [0.5, 0.6) is 5.75 Å². The van der Waals surface area contributed by atoms with Crippen LogP contribution in [-0.4, -0.2) is 49.6 Å². The summed E-state index contributed by atoms with van der Waals surface area (Å²) in [6.07, 6.45) is 1.23. The summed E-state index contributed by atoms with van der Waals surface area (Å²) >= 11 is 1.53. The molecule has 20 heavy (non-hydrogen) atoms. The van der Waals surface area contributed by atoms with Gasteiger partial charge in [-0.15, -0.1) is 0 Å². The number of rotatable bonds is 9. The molecule has 7 heteroatoms. The monoisotopic (exact) mass is 318 g/mol. The smallest absolute Gasteiger partial charge is 0.307 e. The Labute approximate surface area is 123 Å². The molecular formula is C13H18O5S2. The van der Waals surface area contributed by atoms with E-state index in [0.717, 1.165) is 5.56 Å². The molecule has 0 radical (unpaired) electrons. The second-order valence-corrected chi connectivity index (χ2v) is 7.79. The predicted molar refractivity (Wildman–Crippen MR) is 80.3 cm³/mol. The third kappa shape index (κ3) is 8.06. The lowest BCUT2D eigenvalue weighted by Gasteiger charge is -2.06. The van der Waals surface area contributed by atoms with E-state index in [1.165, 1.54) is 18.0 Å². The molecule has 5 nitrogen and oxygen atoms in total. The molecule has 0 aromatic heterocycles.